The first-order valence-corrected chi connectivity index (χ1v) is 4.46. The third kappa shape index (κ3) is 1.33. The van der Waals surface area contributed by atoms with Crippen LogP contribution < -0.4 is 10.6 Å². The van der Waals surface area contributed by atoms with Crippen molar-refractivity contribution in [2.75, 3.05) is 13.7 Å². The number of rotatable bonds is 1. The van der Waals surface area contributed by atoms with E-state index >= 15 is 0 Å². The van der Waals surface area contributed by atoms with Crippen LogP contribution in [0.15, 0.2) is 18.2 Å². The van der Waals surface area contributed by atoms with Gasteiger partial charge in [-0.05, 0) is 24.1 Å². The van der Waals surface area contributed by atoms with Gasteiger partial charge in [0.15, 0.2) is 0 Å². The van der Waals surface area contributed by atoms with Crippen molar-refractivity contribution in [1.29, 1.82) is 0 Å². The van der Waals surface area contributed by atoms with Crippen molar-refractivity contribution in [2.45, 2.75) is 6.42 Å². The summed E-state index contributed by atoms with van der Waals surface area (Å²) in [5, 5.41) is 1.24. The smallest absolute Gasteiger partial charge is 0.268 e. The number of benzene rings is 1. The Morgan fingerprint density at radius 2 is 2.29 bits per heavy atom. The minimum atomic E-state index is -0.134. The van der Waals surface area contributed by atoms with Crippen molar-refractivity contribution in [3.05, 3.63) is 29.3 Å². The van der Waals surface area contributed by atoms with Gasteiger partial charge in [0.05, 0.1) is 7.11 Å². The summed E-state index contributed by atoms with van der Waals surface area (Å²) in [4.78, 5) is 11.6. The normalized spacial score (nSPS) is 15.3. The molecule has 1 amide bonds. The third-order valence-electron chi connectivity index (χ3n) is 2.43. The Bertz CT molecular complexity index is 376. The van der Waals surface area contributed by atoms with E-state index in [1.165, 1.54) is 5.01 Å². The lowest BCUT2D eigenvalue weighted by Gasteiger charge is -2.24. The summed E-state index contributed by atoms with van der Waals surface area (Å²) in [6.07, 6.45) is 0.807. The van der Waals surface area contributed by atoms with Gasteiger partial charge < -0.3 is 4.74 Å². The van der Waals surface area contributed by atoms with E-state index < -0.39 is 0 Å². The number of ether oxygens (including phenoxy) is 1. The van der Waals surface area contributed by atoms with Crippen LogP contribution in [0.5, 0.6) is 5.75 Å². The third-order valence-corrected chi connectivity index (χ3v) is 2.43. The monoisotopic (exact) mass is 192 g/mol. The summed E-state index contributed by atoms with van der Waals surface area (Å²) in [5.41, 5.74) is 1.69. The molecule has 74 valence electrons. The molecule has 0 spiro atoms. The standard InChI is InChI=1S/C10H12N2O2/c1-14-8-3-2-7-4-5-12(11)10(13)9(7)6-8/h2-3,6H,4-5,11H2,1H3. The van der Waals surface area contributed by atoms with E-state index in [0.717, 1.165) is 12.0 Å². The zero-order valence-electron chi connectivity index (χ0n) is 7.99. The van der Waals surface area contributed by atoms with E-state index in [2.05, 4.69) is 0 Å². The number of amides is 1. The topological polar surface area (TPSA) is 55.6 Å². The molecule has 2 rings (SSSR count). The number of carbonyl (C=O) groups excluding carboxylic acids is 1. The highest BCUT2D eigenvalue weighted by atomic mass is 16.5. The van der Waals surface area contributed by atoms with Gasteiger partial charge >= 0.3 is 0 Å². The second-order valence-corrected chi connectivity index (χ2v) is 3.27. The van der Waals surface area contributed by atoms with Crippen molar-refractivity contribution in [1.82, 2.24) is 5.01 Å². The van der Waals surface area contributed by atoms with E-state index in [-0.39, 0.29) is 5.91 Å². The molecule has 1 aromatic rings. The first-order valence-electron chi connectivity index (χ1n) is 4.46. The van der Waals surface area contributed by atoms with Crippen molar-refractivity contribution in [3.63, 3.8) is 0 Å². The predicted octanol–water partition coefficient (Wildman–Crippen LogP) is 0.567. The number of nitrogens with zero attached hydrogens (tertiary/aromatic N) is 1. The molecule has 4 nitrogen and oxygen atoms in total. The molecule has 0 atom stereocenters. The van der Waals surface area contributed by atoms with Crippen LogP contribution in [0.3, 0.4) is 0 Å². The average Bonchev–Trinajstić information content (AvgIpc) is 2.23. The van der Waals surface area contributed by atoms with E-state index in [1.807, 2.05) is 12.1 Å². The minimum absolute atomic E-state index is 0.134. The van der Waals surface area contributed by atoms with Gasteiger partial charge in [0.25, 0.3) is 5.91 Å². The van der Waals surface area contributed by atoms with Crippen LogP contribution in [0, 0.1) is 0 Å². The van der Waals surface area contributed by atoms with Crippen LogP contribution in [0.1, 0.15) is 15.9 Å². The number of fused-ring (bicyclic) bond motifs is 1. The number of hydrazine groups is 1. The number of carbonyl (C=O) groups is 1. The van der Waals surface area contributed by atoms with Gasteiger partial charge in [-0.3, -0.25) is 9.80 Å². The van der Waals surface area contributed by atoms with Crippen molar-refractivity contribution >= 4 is 5.91 Å². The highest BCUT2D eigenvalue weighted by Crippen LogP contribution is 2.22. The summed E-state index contributed by atoms with van der Waals surface area (Å²) in [6.45, 7) is 0.582. The first-order chi connectivity index (χ1) is 6.72. The predicted molar refractivity (Wildman–Crippen MR) is 51.9 cm³/mol. The fraction of sp³-hybridized carbons (Fsp3) is 0.300. The van der Waals surface area contributed by atoms with Crippen LogP contribution in [-0.4, -0.2) is 24.6 Å². The molecule has 1 aliphatic heterocycles. The highest BCUT2D eigenvalue weighted by molar-refractivity contribution is 5.96. The quantitative estimate of drug-likeness (QED) is 0.522. The second-order valence-electron chi connectivity index (χ2n) is 3.27. The Morgan fingerprint density at radius 1 is 1.50 bits per heavy atom. The molecular weight excluding hydrogens is 180 g/mol. The molecule has 0 saturated carbocycles. The Hall–Kier alpha value is -1.55. The molecule has 1 aromatic carbocycles. The molecule has 0 radical (unpaired) electrons. The van der Waals surface area contributed by atoms with Gasteiger partial charge in [-0.2, -0.15) is 0 Å². The van der Waals surface area contributed by atoms with Crippen LogP contribution in [0.4, 0.5) is 0 Å². The maximum Gasteiger partial charge on any atom is 0.268 e. The molecular formula is C10H12N2O2. The molecule has 1 heterocycles. The van der Waals surface area contributed by atoms with Crippen LogP contribution >= 0.6 is 0 Å². The second kappa shape index (κ2) is 3.31. The minimum Gasteiger partial charge on any atom is -0.497 e. The number of methoxy groups -OCH3 is 1. The SMILES string of the molecule is COc1ccc2c(c1)C(=O)N(N)CC2. The molecule has 2 N–H and O–H groups in total. The Morgan fingerprint density at radius 3 is 3.00 bits per heavy atom. The maximum absolute atomic E-state index is 11.6. The highest BCUT2D eigenvalue weighted by Gasteiger charge is 2.22. The summed E-state index contributed by atoms with van der Waals surface area (Å²) in [7, 11) is 1.58. The summed E-state index contributed by atoms with van der Waals surface area (Å²) < 4.78 is 5.05. The first kappa shape index (κ1) is 9.02. The average molecular weight is 192 g/mol. The molecule has 4 heteroatoms. The lowest BCUT2D eigenvalue weighted by Crippen LogP contribution is -2.42. The van der Waals surface area contributed by atoms with Crippen LogP contribution in [0.25, 0.3) is 0 Å². The number of hydrogen-bond acceptors (Lipinski definition) is 3. The summed E-state index contributed by atoms with van der Waals surface area (Å²) >= 11 is 0. The fourth-order valence-electron chi connectivity index (χ4n) is 1.60. The zero-order chi connectivity index (χ0) is 10.1. The lowest BCUT2D eigenvalue weighted by molar-refractivity contribution is 0.0739. The largest absolute Gasteiger partial charge is 0.497 e. The lowest BCUT2D eigenvalue weighted by atomic mass is 10.00. The van der Waals surface area contributed by atoms with E-state index in [0.29, 0.717) is 17.9 Å². The number of nitrogens with two attached hydrogens (primary N) is 1. The van der Waals surface area contributed by atoms with E-state index in [1.54, 1.807) is 13.2 Å². The van der Waals surface area contributed by atoms with Gasteiger partial charge in [-0.15, -0.1) is 0 Å². The summed E-state index contributed by atoms with van der Waals surface area (Å²) in [6, 6.07) is 5.51. The molecule has 0 saturated heterocycles. The molecule has 0 aliphatic carbocycles. The van der Waals surface area contributed by atoms with Gasteiger partial charge in [0, 0.05) is 12.1 Å². The van der Waals surface area contributed by atoms with Gasteiger partial charge in [-0.1, -0.05) is 6.07 Å². The molecule has 0 bridgehead atoms. The molecule has 14 heavy (non-hydrogen) atoms. The van der Waals surface area contributed by atoms with Crippen molar-refractivity contribution in [3.8, 4) is 5.75 Å². The van der Waals surface area contributed by atoms with Crippen LogP contribution in [0.2, 0.25) is 0 Å². The molecule has 0 fully saturated rings. The summed E-state index contributed by atoms with van der Waals surface area (Å²) in [5.74, 6) is 6.08. The van der Waals surface area contributed by atoms with Gasteiger partial charge in [-0.25, -0.2) is 5.84 Å². The Balaban J connectivity index is 2.46. The van der Waals surface area contributed by atoms with E-state index in [4.69, 9.17) is 10.6 Å². The van der Waals surface area contributed by atoms with E-state index in [9.17, 15) is 4.79 Å². The Labute approximate surface area is 82.2 Å². The molecule has 0 aromatic heterocycles. The van der Waals surface area contributed by atoms with Crippen LogP contribution in [-0.2, 0) is 6.42 Å². The molecule has 1 aliphatic rings. The molecule has 0 unspecified atom stereocenters. The van der Waals surface area contributed by atoms with Crippen molar-refractivity contribution < 1.29 is 9.53 Å². The maximum atomic E-state index is 11.6. The zero-order valence-corrected chi connectivity index (χ0v) is 7.99. The van der Waals surface area contributed by atoms with Gasteiger partial charge in [0.1, 0.15) is 5.75 Å². The van der Waals surface area contributed by atoms with Gasteiger partial charge in [0.2, 0.25) is 0 Å². The fourth-order valence-corrected chi connectivity index (χ4v) is 1.60. The Kier molecular flexibility index (Phi) is 2.13. The number of hydrogen-bond donors (Lipinski definition) is 1. The van der Waals surface area contributed by atoms with Crippen molar-refractivity contribution in [2.24, 2.45) is 5.84 Å².